The van der Waals surface area contributed by atoms with E-state index in [1.54, 1.807) is 40.6 Å². The minimum Gasteiger partial charge on any atom is -0.360 e. The summed E-state index contributed by atoms with van der Waals surface area (Å²) in [4.78, 5) is 34.1. The molecule has 5 heterocycles. The summed E-state index contributed by atoms with van der Waals surface area (Å²) in [5, 5.41) is 4.04. The first-order chi connectivity index (χ1) is 13.6. The van der Waals surface area contributed by atoms with Gasteiger partial charge < -0.3 is 14.5 Å². The number of amides is 2. The predicted molar refractivity (Wildman–Crippen MR) is 104 cm³/mol. The molecule has 6 nitrogen and oxygen atoms in total. The number of hydrogen-bond donors (Lipinski definition) is 0. The van der Waals surface area contributed by atoms with E-state index >= 15 is 0 Å². The number of ether oxygens (including phenoxy) is 1. The van der Waals surface area contributed by atoms with Crippen molar-refractivity contribution in [3.8, 4) is 0 Å². The number of carbonyl (C=O) groups excluding carboxylic acids is 2. The summed E-state index contributed by atoms with van der Waals surface area (Å²) in [5.41, 5.74) is 1.40. The fraction of sp³-hybridized carbons (Fsp3) is 0.381. The third-order valence-electron chi connectivity index (χ3n) is 5.94. The van der Waals surface area contributed by atoms with Gasteiger partial charge in [0.15, 0.2) is 0 Å². The molecule has 2 saturated heterocycles. The Morgan fingerprint density at radius 2 is 2.32 bits per heavy atom. The van der Waals surface area contributed by atoms with Crippen molar-refractivity contribution in [1.29, 1.82) is 0 Å². The smallest absolute Gasteiger partial charge is 0.230 e. The first kappa shape index (κ1) is 17.6. The van der Waals surface area contributed by atoms with Gasteiger partial charge >= 0.3 is 0 Å². The van der Waals surface area contributed by atoms with E-state index in [9.17, 15) is 9.59 Å². The first-order valence-electron chi connectivity index (χ1n) is 9.38. The lowest BCUT2D eigenvalue weighted by atomic mass is 9.76. The molecule has 2 bridgehead atoms. The Labute approximate surface area is 167 Å². The van der Waals surface area contributed by atoms with Crippen molar-refractivity contribution in [2.24, 2.45) is 11.8 Å². The van der Waals surface area contributed by atoms with Crippen molar-refractivity contribution in [3.05, 3.63) is 64.6 Å². The van der Waals surface area contributed by atoms with Gasteiger partial charge in [0, 0.05) is 32.5 Å². The normalized spacial score (nSPS) is 30.1. The van der Waals surface area contributed by atoms with Crippen LogP contribution in [0.2, 0.25) is 0 Å². The topological polar surface area (TPSA) is 62.7 Å². The van der Waals surface area contributed by atoms with Crippen LogP contribution in [0, 0.1) is 11.8 Å². The maximum absolute atomic E-state index is 13.3. The van der Waals surface area contributed by atoms with Gasteiger partial charge in [-0.05, 0) is 34.0 Å². The second-order valence-corrected chi connectivity index (χ2v) is 8.56. The second-order valence-electron chi connectivity index (χ2n) is 7.78. The van der Waals surface area contributed by atoms with Crippen molar-refractivity contribution >= 4 is 23.2 Å². The van der Waals surface area contributed by atoms with E-state index < -0.39 is 17.4 Å². The quantitative estimate of drug-likeness (QED) is 0.728. The third kappa shape index (κ3) is 2.69. The number of likely N-dealkylation sites (tertiary alicyclic amines) is 1. The van der Waals surface area contributed by atoms with Crippen molar-refractivity contribution in [3.63, 3.8) is 0 Å². The molecule has 2 fully saturated rings. The van der Waals surface area contributed by atoms with E-state index in [4.69, 9.17) is 4.74 Å². The Morgan fingerprint density at radius 1 is 1.43 bits per heavy atom. The van der Waals surface area contributed by atoms with Gasteiger partial charge in [0.05, 0.1) is 24.5 Å². The number of carbonyl (C=O) groups is 2. The standard InChI is InChI=1S/C21H21N3O3S/c1-23(10-15-5-8-28-12-15)19(25)17-16-4-6-21(27-16)13-24(20(26)18(17)21)11-14-3-2-7-22-9-14/h2-9,12,16-18H,10-11,13H2,1H3/t16-,17?,18?,21-/m0/s1. The second kappa shape index (κ2) is 6.53. The van der Waals surface area contributed by atoms with Gasteiger partial charge in [-0.2, -0.15) is 11.3 Å². The first-order valence-corrected chi connectivity index (χ1v) is 10.3. The number of hydrogen-bond acceptors (Lipinski definition) is 5. The molecule has 2 unspecified atom stereocenters. The number of pyridine rings is 1. The summed E-state index contributed by atoms with van der Waals surface area (Å²) in [6, 6.07) is 5.84. The molecule has 0 saturated carbocycles. The van der Waals surface area contributed by atoms with Crippen LogP contribution in [0.25, 0.3) is 0 Å². The van der Waals surface area contributed by atoms with Crippen LogP contribution < -0.4 is 0 Å². The molecule has 2 aromatic heterocycles. The fourth-order valence-corrected chi connectivity index (χ4v) is 5.35. The highest BCUT2D eigenvalue weighted by Crippen LogP contribution is 2.52. The summed E-state index contributed by atoms with van der Waals surface area (Å²) in [5.74, 6) is -0.932. The zero-order valence-corrected chi connectivity index (χ0v) is 16.3. The van der Waals surface area contributed by atoms with Crippen LogP contribution in [0.5, 0.6) is 0 Å². The Balaban J connectivity index is 1.37. The third-order valence-corrected chi connectivity index (χ3v) is 6.67. The monoisotopic (exact) mass is 395 g/mol. The summed E-state index contributed by atoms with van der Waals surface area (Å²) in [7, 11) is 1.80. The molecule has 2 amide bonds. The highest BCUT2D eigenvalue weighted by molar-refractivity contribution is 7.07. The van der Waals surface area contributed by atoms with Crippen molar-refractivity contribution in [2.75, 3.05) is 13.6 Å². The molecule has 4 atom stereocenters. The molecule has 0 N–H and O–H groups in total. The summed E-state index contributed by atoms with van der Waals surface area (Å²) >= 11 is 1.61. The number of rotatable bonds is 5. The minimum atomic E-state index is -0.673. The molecule has 3 aliphatic rings. The number of fused-ring (bicyclic) bond motifs is 1. The van der Waals surface area contributed by atoms with Gasteiger partial charge in [0.1, 0.15) is 5.60 Å². The molecule has 1 spiro atoms. The Morgan fingerprint density at radius 3 is 3.07 bits per heavy atom. The molecule has 7 heteroatoms. The summed E-state index contributed by atoms with van der Waals surface area (Å²) in [6.07, 6.45) is 7.12. The van der Waals surface area contributed by atoms with Crippen LogP contribution in [-0.2, 0) is 27.4 Å². The highest BCUT2D eigenvalue weighted by atomic mass is 32.1. The van der Waals surface area contributed by atoms with Gasteiger partial charge in [-0.1, -0.05) is 18.2 Å². The summed E-state index contributed by atoms with van der Waals surface area (Å²) in [6.45, 7) is 1.51. The lowest BCUT2D eigenvalue weighted by Gasteiger charge is -2.27. The zero-order chi connectivity index (χ0) is 19.3. The van der Waals surface area contributed by atoms with Crippen molar-refractivity contribution in [2.45, 2.75) is 24.8 Å². The largest absolute Gasteiger partial charge is 0.360 e. The van der Waals surface area contributed by atoms with Crippen LogP contribution >= 0.6 is 11.3 Å². The van der Waals surface area contributed by atoms with E-state index in [1.807, 2.05) is 41.1 Å². The molecule has 0 aliphatic carbocycles. The van der Waals surface area contributed by atoms with Crippen LogP contribution in [0.15, 0.2) is 53.5 Å². The highest BCUT2D eigenvalue weighted by Gasteiger charge is 2.67. The maximum atomic E-state index is 13.3. The number of nitrogens with zero attached hydrogens (tertiary/aromatic N) is 3. The van der Waals surface area contributed by atoms with Crippen LogP contribution in [-0.4, -0.2) is 51.9 Å². The molecule has 28 heavy (non-hydrogen) atoms. The number of thiophene rings is 1. The fourth-order valence-electron chi connectivity index (χ4n) is 4.69. The Hall–Kier alpha value is -2.51. The molecular weight excluding hydrogens is 374 g/mol. The van der Waals surface area contributed by atoms with E-state index in [2.05, 4.69) is 4.98 Å². The number of aromatic nitrogens is 1. The lowest BCUT2D eigenvalue weighted by molar-refractivity contribution is -0.142. The predicted octanol–water partition coefficient (Wildman–Crippen LogP) is 2.08. The van der Waals surface area contributed by atoms with Crippen LogP contribution in [0.3, 0.4) is 0 Å². The molecule has 144 valence electrons. The van der Waals surface area contributed by atoms with Crippen LogP contribution in [0.4, 0.5) is 0 Å². The molecular formula is C21H21N3O3S. The van der Waals surface area contributed by atoms with Gasteiger partial charge in [-0.15, -0.1) is 0 Å². The van der Waals surface area contributed by atoms with E-state index in [1.165, 1.54) is 0 Å². The summed E-state index contributed by atoms with van der Waals surface area (Å²) < 4.78 is 6.21. The molecule has 5 rings (SSSR count). The maximum Gasteiger partial charge on any atom is 0.230 e. The van der Waals surface area contributed by atoms with E-state index in [-0.39, 0.29) is 17.9 Å². The van der Waals surface area contributed by atoms with E-state index in [0.717, 1.165) is 11.1 Å². The Kier molecular flexibility index (Phi) is 4.10. The van der Waals surface area contributed by atoms with Crippen molar-refractivity contribution in [1.82, 2.24) is 14.8 Å². The lowest BCUT2D eigenvalue weighted by Crippen LogP contribution is -2.44. The van der Waals surface area contributed by atoms with Gasteiger partial charge in [-0.3, -0.25) is 14.6 Å². The molecule has 0 aromatic carbocycles. The zero-order valence-electron chi connectivity index (χ0n) is 15.5. The average Bonchev–Trinajstić information content (AvgIpc) is 3.45. The SMILES string of the molecule is CN(Cc1ccsc1)C(=O)C1C2C(=O)N(Cc3cccnc3)C[C@@]23C=C[C@@H]1O3. The van der Waals surface area contributed by atoms with Gasteiger partial charge in [-0.25, -0.2) is 0 Å². The van der Waals surface area contributed by atoms with E-state index in [0.29, 0.717) is 19.6 Å². The average molecular weight is 395 g/mol. The van der Waals surface area contributed by atoms with Crippen LogP contribution in [0.1, 0.15) is 11.1 Å². The van der Waals surface area contributed by atoms with Gasteiger partial charge in [0.2, 0.25) is 11.8 Å². The van der Waals surface area contributed by atoms with Crippen molar-refractivity contribution < 1.29 is 14.3 Å². The minimum absolute atomic E-state index is 0.00186. The molecule has 0 radical (unpaired) electrons. The molecule has 2 aromatic rings. The Bertz CT molecular complexity index is 930. The molecule has 3 aliphatic heterocycles. The van der Waals surface area contributed by atoms with Gasteiger partial charge in [0.25, 0.3) is 0 Å².